The molecule has 1 aliphatic rings. The normalized spacial score (nSPS) is 15.0. The number of carbonyl (C=O) groups excluding carboxylic acids is 3. The summed E-state index contributed by atoms with van der Waals surface area (Å²) < 4.78 is 5.70. The average molecular weight is 444 g/mol. The minimum Gasteiger partial charge on any atom is -0.483 e. The Labute approximate surface area is 192 Å². The molecule has 3 aromatic rings. The number of nitrogens with zero attached hydrogens (tertiary/aromatic N) is 1. The molecule has 0 aliphatic carbocycles. The van der Waals surface area contributed by atoms with Crippen molar-refractivity contribution in [3.63, 3.8) is 0 Å². The van der Waals surface area contributed by atoms with Crippen LogP contribution in [-0.2, 0) is 9.59 Å². The highest BCUT2D eigenvalue weighted by Crippen LogP contribution is 2.29. The zero-order chi connectivity index (χ0) is 23.0. The number of para-hydroxylation sites is 1. The summed E-state index contributed by atoms with van der Waals surface area (Å²) in [4.78, 5) is 39.2. The number of ether oxygens (including phenoxy) is 1. The molecule has 3 aromatic carbocycles. The van der Waals surface area contributed by atoms with Gasteiger partial charge in [-0.2, -0.15) is 0 Å². The summed E-state index contributed by atoms with van der Waals surface area (Å²) >= 11 is 0. The van der Waals surface area contributed by atoms with Crippen molar-refractivity contribution in [2.24, 2.45) is 0 Å². The molecular weight excluding hydrogens is 418 g/mol. The predicted molar refractivity (Wildman–Crippen MR) is 124 cm³/mol. The Morgan fingerprint density at radius 3 is 2.27 bits per heavy atom. The highest BCUT2D eigenvalue weighted by molar-refractivity contribution is 5.98. The molecule has 33 heavy (non-hydrogen) atoms. The van der Waals surface area contributed by atoms with Crippen LogP contribution in [0.3, 0.4) is 0 Å². The van der Waals surface area contributed by atoms with Crippen molar-refractivity contribution in [2.75, 3.05) is 13.2 Å². The Balaban J connectivity index is 1.31. The molecule has 0 bridgehead atoms. The van der Waals surface area contributed by atoms with Crippen LogP contribution in [0.5, 0.6) is 5.75 Å². The fourth-order valence-electron chi connectivity index (χ4n) is 3.87. The number of carbonyl (C=O) groups is 3. The van der Waals surface area contributed by atoms with E-state index in [0.29, 0.717) is 24.3 Å². The minimum atomic E-state index is -0.627. The Morgan fingerprint density at radius 1 is 0.848 bits per heavy atom. The maximum atomic E-state index is 12.7. The monoisotopic (exact) mass is 443 g/mol. The van der Waals surface area contributed by atoms with Crippen LogP contribution in [0.25, 0.3) is 11.1 Å². The zero-order valence-electron chi connectivity index (χ0n) is 18.1. The predicted octanol–water partition coefficient (Wildman–Crippen LogP) is 3.18. The van der Waals surface area contributed by atoms with Gasteiger partial charge in [0, 0.05) is 17.7 Å². The molecule has 0 radical (unpaired) electrons. The van der Waals surface area contributed by atoms with Gasteiger partial charge >= 0.3 is 0 Å². The van der Waals surface area contributed by atoms with Crippen LogP contribution >= 0.6 is 0 Å². The molecule has 1 aliphatic heterocycles. The van der Waals surface area contributed by atoms with Gasteiger partial charge in [-0.1, -0.05) is 66.7 Å². The molecule has 168 valence electrons. The van der Waals surface area contributed by atoms with Gasteiger partial charge in [0.1, 0.15) is 11.8 Å². The molecule has 1 heterocycles. The van der Waals surface area contributed by atoms with Gasteiger partial charge in [-0.05, 0) is 36.6 Å². The van der Waals surface area contributed by atoms with Gasteiger partial charge in [0.05, 0.1) is 0 Å². The van der Waals surface area contributed by atoms with Crippen LogP contribution in [0, 0.1) is 0 Å². The molecule has 1 fully saturated rings. The molecule has 0 spiro atoms. The van der Waals surface area contributed by atoms with Gasteiger partial charge in [-0.15, -0.1) is 0 Å². The molecular formula is C26H25N3O4. The molecule has 7 heteroatoms. The van der Waals surface area contributed by atoms with Gasteiger partial charge in [-0.25, -0.2) is 0 Å². The van der Waals surface area contributed by atoms with Crippen LogP contribution in [0.1, 0.15) is 23.2 Å². The topological polar surface area (TPSA) is 87.7 Å². The molecule has 1 saturated heterocycles. The Kier molecular flexibility index (Phi) is 6.99. The van der Waals surface area contributed by atoms with E-state index in [-0.39, 0.29) is 12.5 Å². The second-order valence-electron chi connectivity index (χ2n) is 7.71. The molecule has 1 atom stereocenters. The number of rotatable bonds is 6. The lowest BCUT2D eigenvalue weighted by Crippen LogP contribution is -2.52. The van der Waals surface area contributed by atoms with E-state index >= 15 is 0 Å². The first-order chi connectivity index (χ1) is 16.1. The Hall–Kier alpha value is -4.13. The zero-order valence-corrected chi connectivity index (χ0v) is 18.1. The fraction of sp³-hybridized carbons (Fsp3) is 0.192. The second-order valence-corrected chi connectivity index (χ2v) is 7.71. The third kappa shape index (κ3) is 5.38. The molecule has 0 unspecified atom stereocenters. The Bertz CT molecular complexity index is 1120. The third-order valence-electron chi connectivity index (χ3n) is 5.49. The lowest BCUT2D eigenvalue weighted by molar-refractivity contribution is -0.131. The first-order valence-corrected chi connectivity index (χ1v) is 10.9. The van der Waals surface area contributed by atoms with E-state index in [0.717, 1.165) is 17.5 Å². The van der Waals surface area contributed by atoms with E-state index in [4.69, 9.17) is 4.74 Å². The number of hydrogen-bond donors (Lipinski definition) is 2. The van der Waals surface area contributed by atoms with Crippen molar-refractivity contribution in [1.82, 2.24) is 15.8 Å². The van der Waals surface area contributed by atoms with Crippen LogP contribution in [0.2, 0.25) is 0 Å². The highest BCUT2D eigenvalue weighted by atomic mass is 16.5. The van der Waals surface area contributed by atoms with Crippen LogP contribution in [0.15, 0.2) is 84.9 Å². The van der Waals surface area contributed by atoms with Crippen molar-refractivity contribution in [1.29, 1.82) is 0 Å². The van der Waals surface area contributed by atoms with Crippen molar-refractivity contribution in [3.05, 3.63) is 90.5 Å². The SMILES string of the molecule is O=C(COc1ccccc1-c1ccccc1)NNC(=O)[C@@H]1CCCN1C(=O)c1ccccc1. The van der Waals surface area contributed by atoms with Crippen LogP contribution < -0.4 is 15.6 Å². The summed E-state index contributed by atoms with van der Waals surface area (Å²) in [6, 6.07) is 25.4. The molecule has 7 nitrogen and oxygen atoms in total. The maximum absolute atomic E-state index is 12.7. The maximum Gasteiger partial charge on any atom is 0.276 e. The molecule has 3 amide bonds. The fourth-order valence-corrected chi connectivity index (χ4v) is 3.87. The third-order valence-corrected chi connectivity index (χ3v) is 5.49. The number of nitrogens with one attached hydrogen (secondary N) is 2. The molecule has 0 saturated carbocycles. The van der Waals surface area contributed by atoms with Gasteiger partial charge in [0.2, 0.25) is 0 Å². The molecule has 4 rings (SSSR count). The number of amides is 3. The summed E-state index contributed by atoms with van der Waals surface area (Å²) in [7, 11) is 0. The van der Waals surface area contributed by atoms with Crippen molar-refractivity contribution in [3.8, 4) is 16.9 Å². The largest absolute Gasteiger partial charge is 0.483 e. The van der Waals surface area contributed by atoms with Crippen LogP contribution in [-0.4, -0.2) is 41.8 Å². The first kappa shape index (κ1) is 22.1. The summed E-state index contributed by atoms with van der Waals surface area (Å²) in [6.45, 7) is 0.237. The number of hydrazine groups is 1. The van der Waals surface area contributed by atoms with Crippen molar-refractivity contribution in [2.45, 2.75) is 18.9 Å². The van der Waals surface area contributed by atoms with Gasteiger partial charge < -0.3 is 9.64 Å². The van der Waals surface area contributed by atoms with E-state index in [1.807, 2.05) is 54.6 Å². The summed E-state index contributed by atoms with van der Waals surface area (Å²) in [5.41, 5.74) is 7.20. The minimum absolute atomic E-state index is 0.194. The number of hydrogen-bond acceptors (Lipinski definition) is 4. The lowest BCUT2D eigenvalue weighted by Gasteiger charge is -2.24. The van der Waals surface area contributed by atoms with Crippen LogP contribution in [0.4, 0.5) is 0 Å². The van der Waals surface area contributed by atoms with Crippen molar-refractivity contribution < 1.29 is 19.1 Å². The second kappa shape index (κ2) is 10.5. The van der Waals surface area contributed by atoms with E-state index < -0.39 is 17.9 Å². The first-order valence-electron chi connectivity index (χ1n) is 10.9. The summed E-state index contributed by atoms with van der Waals surface area (Å²) in [5, 5.41) is 0. The summed E-state index contributed by atoms with van der Waals surface area (Å²) in [5.74, 6) is -0.541. The average Bonchev–Trinajstić information content (AvgIpc) is 3.37. The Morgan fingerprint density at radius 2 is 1.52 bits per heavy atom. The van der Waals surface area contributed by atoms with Crippen molar-refractivity contribution >= 4 is 17.7 Å². The number of benzene rings is 3. The standard InChI is InChI=1S/C26H25N3O4/c30-24(18-33-23-16-8-7-14-21(23)19-10-3-1-4-11-19)27-28-25(31)22-15-9-17-29(22)26(32)20-12-5-2-6-13-20/h1-8,10-14,16,22H,9,15,17-18H2,(H,27,30)(H,28,31)/t22-/m0/s1. The van der Waals surface area contributed by atoms with Gasteiger partial charge in [-0.3, -0.25) is 25.2 Å². The smallest absolute Gasteiger partial charge is 0.276 e. The van der Waals surface area contributed by atoms with E-state index in [2.05, 4.69) is 10.9 Å². The molecule has 0 aromatic heterocycles. The summed E-state index contributed by atoms with van der Waals surface area (Å²) in [6.07, 6.45) is 1.27. The van der Waals surface area contributed by atoms with Gasteiger partial charge in [0.15, 0.2) is 6.61 Å². The van der Waals surface area contributed by atoms with Gasteiger partial charge in [0.25, 0.3) is 17.7 Å². The molecule has 2 N–H and O–H groups in total. The number of likely N-dealkylation sites (tertiary alicyclic amines) is 1. The van der Waals surface area contributed by atoms with E-state index in [9.17, 15) is 14.4 Å². The lowest BCUT2D eigenvalue weighted by atomic mass is 10.1. The van der Waals surface area contributed by atoms with E-state index in [1.54, 1.807) is 35.2 Å². The van der Waals surface area contributed by atoms with E-state index in [1.165, 1.54) is 0 Å². The highest BCUT2D eigenvalue weighted by Gasteiger charge is 2.34. The quantitative estimate of drug-likeness (QED) is 0.573.